The van der Waals surface area contributed by atoms with E-state index in [1.165, 1.54) is 16.9 Å². The van der Waals surface area contributed by atoms with Crippen LogP contribution in [0.25, 0.3) is 11.1 Å². The van der Waals surface area contributed by atoms with Gasteiger partial charge in [-0.3, -0.25) is 9.59 Å². The molecule has 0 radical (unpaired) electrons. The predicted octanol–water partition coefficient (Wildman–Crippen LogP) is 5.71. The number of hydrogen-bond donors (Lipinski definition) is 4. The van der Waals surface area contributed by atoms with Crippen LogP contribution in [-0.4, -0.2) is 75.6 Å². The minimum absolute atomic E-state index is 0.0170. The lowest BCUT2D eigenvalue weighted by Gasteiger charge is -2.36. The van der Waals surface area contributed by atoms with Gasteiger partial charge in [0.15, 0.2) is 5.01 Å². The van der Waals surface area contributed by atoms with E-state index in [1.54, 1.807) is 11.4 Å². The highest BCUT2D eigenvalue weighted by atomic mass is 32.1. The number of aliphatic hydroxyl groups excluding tert-OH is 1. The maximum Gasteiger partial charge on any atom is 0.280 e. The fourth-order valence-electron chi connectivity index (χ4n) is 6.89. The summed E-state index contributed by atoms with van der Waals surface area (Å²) in [6.07, 6.45) is 5.80. The van der Waals surface area contributed by atoms with Gasteiger partial charge in [-0.1, -0.05) is 36.4 Å². The molecule has 50 heavy (non-hydrogen) atoms. The van der Waals surface area contributed by atoms with Gasteiger partial charge in [-0.25, -0.2) is 14.4 Å². The van der Waals surface area contributed by atoms with Gasteiger partial charge in [0.25, 0.3) is 11.8 Å². The molecule has 2 aromatic carbocycles. The SMILES string of the molecule is C[C@@H]1CN(CCCc2ccc(-c3cccc(Oc4ncc(F)cc4C(=O)N[C@H]4CC[C@@H](NC(=O)c5nc(CO)cs5)CC4)c3)cc2)C[C@H](C)N1. The summed E-state index contributed by atoms with van der Waals surface area (Å²) in [7, 11) is 0. The third kappa shape index (κ3) is 9.51. The molecule has 10 nitrogen and oxygen atoms in total. The van der Waals surface area contributed by atoms with Crippen LogP contribution in [0.2, 0.25) is 0 Å². The van der Waals surface area contributed by atoms with Crippen LogP contribution in [-0.2, 0) is 13.0 Å². The van der Waals surface area contributed by atoms with Gasteiger partial charge in [-0.2, -0.15) is 0 Å². The number of rotatable bonds is 12. The van der Waals surface area contributed by atoms with Crippen molar-refractivity contribution in [2.75, 3.05) is 19.6 Å². The van der Waals surface area contributed by atoms with Gasteiger partial charge in [0.05, 0.1) is 18.5 Å². The number of aliphatic hydroxyl groups is 1. The second kappa shape index (κ2) is 16.7. The van der Waals surface area contributed by atoms with Gasteiger partial charge in [0.1, 0.15) is 17.1 Å². The first kappa shape index (κ1) is 35.6. The Bertz CT molecular complexity index is 1750. The van der Waals surface area contributed by atoms with Crippen molar-refractivity contribution in [3.8, 4) is 22.8 Å². The molecule has 0 unspecified atom stereocenters. The number of hydrogen-bond acceptors (Lipinski definition) is 9. The second-order valence-electron chi connectivity index (χ2n) is 13.5. The predicted molar refractivity (Wildman–Crippen MR) is 192 cm³/mol. The van der Waals surface area contributed by atoms with Crippen molar-refractivity contribution < 1.29 is 23.8 Å². The number of nitrogens with zero attached hydrogens (tertiary/aromatic N) is 3. The quantitative estimate of drug-likeness (QED) is 0.148. The number of aromatic nitrogens is 2. The van der Waals surface area contributed by atoms with Crippen LogP contribution in [0, 0.1) is 5.82 Å². The summed E-state index contributed by atoms with van der Waals surface area (Å²) in [6.45, 7) is 7.56. The summed E-state index contributed by atoms with van der Waals surface area (Å²) in [5.41, 5.74) is 3.79. The smallest absolute Gasteiger partial charge is 0.280 e. The monoisotopic (exact) mass is 700 g/mol. The van der Waals surface area contributed by atoms with E-state index in [0.29, 0.717) is 54.2 Å². The lowest BCUT2D eigenvalue weighted by atomic mass is 9.91. The van der Waals surface area contributed by atoms with Crippen LogP contribution in [0.1, 0.15) is 77.4 Å². The number of piperazine rings is 1. The van der Waals surface area contributed by atoms with Crippen molar-refractivity contribution in [2.24, 2.45) is 0 Å². The Labute approximate surface area is 296 Å². The van der Waals surface area contributed by atoms with Gasteiger partial charge >= 0.3 is 0 Å². The summed E-state index contributed by atoms with van der Waals surface area (Å²) < 4.78 is 20.4. The topological polar surface area (TPSA) is 129 Å². The van der Waals surface area contributed by atoms with Crippen LogP contribution < -0.4 is 20.7 Å². The summed E-state index contributed by atoms with van der Waals surface area (Å²) >= 11 is 1.20. The van der Waals surface area contributed by atoms with E-state index in [0.717, 1.165) is 55.9 Å². The molecule has 1 saturated heterocycles. The van der Waals surface area contributed by atoms with Crippen LogP contribution in [0.15, 0.2) is 66.2 Å². The van der Waals surface area contributed by atoms with E-state index in [1.807, 2.05) is 18.2 Å². The Morgan fingerprint density at radius 3 is 2.36 bits per heavy atom. The standard InChI is InChI=1S/C38H45FN6O4S/c1-24-20-45(21-25(2)41-24)16-4-5-26-8-10-27(11-9-26)28-6-3-7-33(17-28)49-37-34(18-29(39)19-40-37)35(47)42-30-12-14-31(15-13-30)43-36(48)38-44-32(22-46)23-50-38/h3,6-11,17-19,23-25,30-31,41,46H,4-5,12-16,20-22H2,1-2H3,(H,42,47)(H,43,48)/t24-,25+,30-,31+. The number of amides is 2. The van der Waals surface area contributed by atoms with Crippen LogP contribution in [0.5, 0.6) is 11.6 Å². The Kier molecular flexibility index (Phi) is 11.9. The highest BCUT2D eigenvalue weighted by molar-refractivity contribution is 7.11. The molecule has 6 rings (SSSR count). The number of carbonyl (C=O) groups excluding carboxylic acids is 2. The molecule has 264 valence electrons. The van der Waals surface area contributed by atoms with Crippen molar-refractivity contribution in [3.63, 3.8) is 0 Å². The van der Waals surface area contributed by atoms with Crippen molar-refractivity contribution in [1.29, 1.82) is 0 Å². The van der Waals surface area contributed by atoms with E-state index in [9.17, 15) is 19.1 Å². The molecule has 2 atom stereocenters. The van der Waals surface area contributed by atoms with Gasteiger partial charge in [0.2, 0.25) is 5.88 Å². The number of carbonyl (C=O) groups is 2. The number of halogens is 1. The lowest BCUT2D eigenvalue weighted by molar-refractivity contribution is 0.0889. The van der Waals surface area contributed by atoms with E-state index in [2.05, 4.69) is 68.9 Å². The normalized spacial score (nSPS) is 21.0. The first-order chi connectivity index (χ1) is 24.2. The highest BCUT2D eigenvalue weighted by Gasteiger charge is 2.27. The molecule has 1 saturated carbocycles. The minimum atomic E-state index is -0.633. The summed E-state index contributed by atoms with van der Waals surface area (Å²) in [5, 5.41) is 20.8. The molecule has 12 heteroatoms. The first-order valence-corrected chi connectivity index (χ1v) is 18.3. The molecule has 1 aliphatic heterocycles. The molecule has 2 fully saturated rings. The average Bonchev–Trinajstić information content (AvgIpc) is 3.60. The van der Waals surface area contributed by atoms with Crippen LogP contribution in [0.4, 0.5) is 4.39 Å². The lowest BCUT2D eigenvalue weighted by Crippen LogP contribution is -2.54. The fourth-order valence-corrected chi connectivity index (χ4v) is 7.60. The Morgan fingerprint density at radius 1 is 0.980 bits per heavy atom. The maximum atomic E-state index is 14.3. The summed E-state index contributed by atoms with van der Waals surface area (Å²) in [4.78, 5) is 36.7. The third-order valence-corrected chi connectivity index (χ3v) is 10.2. The van der Waals surface area contributed by atoms with Crippen molar-refractivity contribution in [2.45, 2.75) is 83.1 Å². The van der Waals surface area contributed by atoms with Crippen LogP contribution in [0.3, 0.4) is 0 Å². The number of aryl methyl sites for hydroxylation is 1. The van der Waals surface area contributed by atoms with E-state index < -0.39 is 11.7 Å². The summed E-state index contributed by atoms with van der Waals surface area (Å²) in [6, 6.07) is 18.1. The zero-order chi connectivity index (χ0) is 35.0. The molecule has 1 aliphatic carbocycles. The van der Waals surface area contributed by atoms with Gasteiger partial charge in [-0.15, -0.1) is 11.3 Å². The largest absolute Gasteiger partial charge is 0.438 e. The zero-order valence-corrected chi connectivity index (χ0v) is 29.3. The number of pyridine rings is 1. The molecule has 0 bridgehead atoms. The molecule has 2 aliphatic rings. The Hall–Kier alpha value is -4.23. The highest BCUT2D eigenvalue weighted by Crippen LogP contribution is 2.29. The number of benzene rings is 2. The molecule has 2 amide bonds. The van der Waals surface area contributed by atoms with E-state index >= 15 is 0 Å². The Morgan fingerprint density at radius 2 is 1.68 bits per heavy atom. The Balaban J connectivity index is 1.02. The molecule has 0 spiro atoms. The fraction of sp³-hybridized carbons (Fsp3) is 0.421. The maximum absolute atomic E-state index is 14.3. The van der Waals surface area contributed by atoms with Crippen molar-refractivity contribution >= 4 is 23.2 Å². The van der Waals surface area contributed by atoms with Crippen molar-refractivity contribution in [3.05, 3.63) is 93.8 Å². The third-order valence-electron chi connectivity index (χ3n) is 9.28. The number of ether oxygens (including phenoxy) is 1. The van der Waals surface area contributed by atoms with Gasteiger partial charge in [0, 0.05) is 42.6 Å². The van der Waals surface area contributed by atoms with Gasteiger partial charge in [-0.05, 0) is 93.8 Å². The molecule has 3 heterocycles. The second-order valence-corrected chi connectivity index (χ2v) is 14.3. The van der Waals surface area contributed by atoms with Crippen molar-refractivity contribution in [1.82, 2.24) is 30.8 Å². The molecule has 4 N–H and O–H groups in total. The molecular weight excluding hydrogens is 656 g/mol. The minimum Gasteiger partial charge on any atom is -0.438 e. The number of nitrogens with one attached hydrogen (secondary N) is 3. The molecular formula is C38H45FN6O4S. The van der Waals surface area contributed by atoms with E-state index in [-0.39, 0.29) is 36.0 Å². The number of thiazole rings is 1. The molecule has 2 aromatic heterocycles. The summed E-state index contributed by atoms with van der Waals surface area (Å²) in [5.74, 6) is -0.854. The average molecular weight is 701 g/mol. The first-order valence-electron chi connectivity index (χ1n) is 17.4. The van der Waals surface area contributed by atoms with Crippen LogP contribution >= 0.6 is 11.3 Å². The van der Waals surface area contributed by atoms with E-state index in [4.69, 9.17) is 4.74 Å². The zero-order valence-electron chi connectivity index (χ0n) is 28.5. The van der Waals surface area contributed by atoms with Gasteiger partial charge < -0.3 is 30.7 Å². The molecule has 4 aromatic rings.